The molecule has 0 fully saturated rings. The van der Waals surface area contributed by atoms with Crippen LogP contribution in [0.15, 0.2) is 54.6 Å². The van der Waals surface area contributed by atoms with Crippen molar-refractivity contribution >= 4 is 28.3 Å². The molecule has 3 aromatic rings. The van der Waals surface area contributed by atoms with Gasteiger partial charge in [0, 0.05) is 5.56 Å². The van der Waals surface area contributed by atoms with Crippen LogP contribution >= 0.6 is 11.3 Å². The van der Waals surface area contributed by atoms with E-state index in [9.17, 15) is 20.0 Å². The number of rotatable bonds is 10. The molecular formula is C28H32N4O4S. The molecule has 3 N–H and O–H groups in total. The van der Waals surface area contributed by atoms with Crippen LogP contribution in [0.5, 0.6) is 5.75 Å². The minimum atomic E-state index is -1.26. The van der Waals surface area contributed by atoms with Crippen molar-refractivity contribution in [1.29, 1.82) is 5.26 Å². The zero-order chi connectivity index (χ0) is 27.0. The number of hydrogen-bond acceptors (Lipinski definition) is 7. The molecule has 0 aliphatic heterocycles. The molecule has 37 heavy (non-hydrogen) atoms. The van der Waals surface area contributed by atoms with E-state index < -0.39 is 29.4 Å². The van der Waals surface area contributed by atoms with E-state index in [1.54, 1.807) is 20.8 Å². The van der Waals surface area contributed by atoms with Gasteiger partial charge in [0.1, 0.15) is 30.6 Å². The third-order valence-electron chi connectivity index (χ3n) is 5.61. The van der Waals surface area contributed by atoms with Gasteiger partial charge in [-0.15, -0.1) is 0 Å². The van der Waals surface area contributed by atoms with Gasteiger partial charge in [0.15, 0.2) is 10.8 Å². The number of carbonyl (C=O) groups excluding carboxylic acids is 2. The van der Waals surface area contributed by atoms with Crippen LogP contribution in [0.4, 0.5) is 5.13 Å². The Morgan fingerprint density at radius 3 is 2.43 bits per heavy atom. The first-order valence-electron chi connectivity index (χ1n) is 12.1. The monoisotopic (exact) mass is 520 g/mol. The van der Waals surface area contributed by atoms with E-state index in [-0.39, 0.29) is 10.8 Å². The number of aliphatic hydroxyl groups excluding tert-OH is 1. The maximum Gasteiger partial charge on any atom is 0.250 e. The third-order valence-corrected chi connectivity index (χ3v) is 6.62. The van der Waals surface area contributed by atoms with E-state index in [1.165, 1.54) is 0 Å². The minimum Gasteiger partial charge on any atom is -0.488 e. The fourth-order valence-electron chi connectivity index (χ4n) is 3.54. The molecule has 2 aromatic carbocycles. The molecule has 2 amide bonds. The lowest BCUT2D eigenvalue weighted by Crippen LogP contribution is -2.50. The van der Waals surface area contributed by atoms with Gasteiger partial charge in [-0.05, 0) is 29.5 Å². The molecule has 0 aliphatic rings. The molecule has 0 radical (unpaired) electrons. The number of anilines is 1. The number of benzene rings is 2. The summed E-state index contributed by atoms with van der Waals surface area (Å²) < 4.78 is 6.04. The van der Waals surface area contributed by atoms with E-state index in [0.717, 1.165) is 16.9 Å². The molecule has 0 unspecified atom stereocenters. The molecular weight excluding hydrogens is 488 g/mol. The Balaban J connectivity index is 1.80. The summed E-state index contributed by atoms with van der Waals surface area (Å²) in [5, 5.41) is 25.6. The Labute approximate surface area is 221 Å². The van der Waals surface area contributed by atoms with Crippen LogP contribution in [-0.4, -0.2) is 34.1 Å². The first kappa shape index (κ1) is 27.8. The molecule has 0 aliphatic carbocycles. The van der Waals surface area contributed by atoms with E-state index >= 15 is 0 Å². The molecule has 1 heterocycles. The van der Waals surface area contributed by atoms with Gasteiger partial charge in [-0.25, -0.2) is 4.98 Å². The molecule has 194 valence electrons. The maximum atomic E-state index is 13.0. The van der Waals surface area contributed by atoms with Gasteiger partial charge in [-0.3, -0.25) is 9.59 Å². The summed E-state index contributed by atoms with van der Waals surface area (Å²) in [6.07, 6.45) is -0.236. The predicted octanol–water partition coefficient (Wildman–Crippen LogP) is 4.89. The number of para-hydroxylation sites is 1. The highest BCUT2D eigenvalue weighted by Gasteiger charge is 2.32. The van der Waals surface area contributed by atoms with E-state index in [4.69, 9.17) is 4.74 Å². The number of aliphatic hydroxyl groups is 1. The molecule has 0 bridgehead atoms. The van der Waals surface area contributed by atoms with Gasteiger partial charge in [-0.1, -0.05) is 87.9 Å². The number of hydrogen-bond donors (Lipinski definition) is 3. The Bertz CT molecular complexity index is 1260. The van der Waals surface area contributed by atoms with Crippen LogP contribution in [0.3, 0.4) is 0 Å². The minimum absolute atomic E-state index is 0.162. The van der Waals surface area contributed by atoms with E-state index in [1.807, 2.05) is 61.5 Å². The summed E-state index contributed by atoms with van der Waals surface area (Å²) in [7, 11) is 0. The second-order valence-electron chi connectivity index (χ2n) is 9.69. The average molecular weight is 521 g/mol. The van der Waals surface area contributed by atoms with Crippen LogP contribution in [0, 0.1) is 16.7 Å². The van der Waals surface area contributed by atoms with Crippen LogP contribution in [0.25, 0.3) is 10.4 Å². The van der Waals surface area contributed by atoms with Gasteiger partial charge >= 0.3 is 0 Å². The molecule has 0 spiro atoms. The van der Waals surface area contributed by atoms with Gasteiger partial charge < -0.3 is 20.5 Å². The highest BCUT2D eigenvalue weighted by atomic mass is 32.1. The largest absolute Gasteiger partial charge is 0.488 e. The van der Waals surface area contributed by atoms with Crippen molar-refractivity contribution in [2.45, 2.75) is 59.3 Å². The number of amides is 2. The molecule has 0 saturated carbocycles. The normalized spacial score (nSPS) is 12.8. The van der Waals surface area contributed by atoms with Crippen molar-refractivity contribution < 1.29 is 19.4 Å². The van der Waals surface area contributed by atoms with Gasteiger partial charge in [0.25, 0.3) is 0 Å². The molecule has 9 heteroatoms. The zero-order valence-corrected chi connectivity index (χ0v) is 22.3. The molecule has 2 atom stereocenters. The average Bonchev–Trinajstić information content (AvgIpc) is 3.29. The summed E-state index contributed by atoms with van der Waals surface area (Å²) >= 11 is 1.16. The molecule has 8 nitrogen and oxygen atoms in total. The number of ether oxygens (including phenoxy) is 1. The van der Waals surface area contributed by atoms with Gasteiger partial charge in [0.2, 0.25) is 11.8 Å². The summed E-state index contributed by atoms with van der Waals surface area (Å²) in [5.74, 6) is -0.477. The fourth-order valence-corrected chi connectivity index (χ4v) is 4.49. The van der Waals surface area contributed by atoms with E-state index in [2.05, 4.69) is 21.7 Å². The first-order chi connectivity index (χ1) is 17.6. The lowest BCUT2D eigenvalue weighted by molar-refractivity contribution is -0.137. The summed E-state index contributed by atoms with van der Waals surface area (Å²) in [6, 6.07) is 18.4. The SMILES string of the molecule is CCC[C@H](NC(=O)[C@@H](O)C(C)(C)C)C(=O)Nc1nc(C#N)c(-c2ccccc2OCc2ccccc2)s1. The first-order valence-corrected chi connectivity index (χ1v) is 12.9. The van der Waals surface area contributed by atoms with Crippen molar-refractivity contribution in [3.05, 3.63) is 65.9 Å². The fraction of sp³-hybridized carbons (Fsp3) is 0.357. The van der Waals surface area contributed by atoms with Crippen molar-refractivity contribution in [3.8, 4) is 22.3 Å². The summed E-state index contributed by atoms with van der Waals surface area (Å²) in [4.78, 5) is 30.4. The number of aromatic nitrogens is 1. The second-order valence-corrected chi connectivity index (χ2v) is 10.7. The predicted molar refractivity (Wildman–Crippen MR) is 144 cm³/mol. The maximum absolute atomic E-state index is 13.0. The van der Waals surface area contributed by atoms with Crippen LogP contribution in [-0.2, 0) is 16.2 Å². The summed E-state index contributed by atoms with van der Waals surface area (Å²) in [5.41, 5.74) is 1.20. The van der Waals surface area contributed by atoms with Crippen molar-refractivity contribution in [2.75, 3.05) is 5.32 Å². The van der Waals surface area contributed by atoms with Gasteiger partial charge in [-0.2, -0.15) is 5.26 Å². The highest BCUT2D eigenvalue weighted by molar-refractivity contribution is 7.19. The van der Waals surface area contributed by atoms with Crippen LogP contribution in [0.2, 0.25) is 0 Å². The molecule has 0 saturated heterocycles. The Hall–Kier alpha value is -3.74. The lowest BCUT2D eigenvalue weighted by atomic mass is 9.88. The Morgan fingerprint density at radius 2 is 1.78 bits per heavy atom. The standard InChI is InChI=1S/C28H32N4O4S/c1-5-11-20(30-26(35)24(33)28(2,3)4)25(34)32-27-31-21(16-29)23(37-27)19-14-9-10-15-22(19)36-17-18-12-7-6-8-13-18/h6-10,12-15,20,24,33H,5,11,17H2,1-4H3,(H,30,35)(H,31,32,34)/t20-,24+/m0/s1. The van der Waals surface area contributed by atoms with Crippen molar-refractivity contribution in [3.63, 3.8) is 0 Å². The highest BCUT2D eigenvalue weighted by Crippen LogP contribution is 2.38. The van der Waals surface area contributed by atoms with Gasteiger partial charge in [0.05, 0.1) is 4.88 Å². The Morgan fingerprint density at radius 1 is 1.11 bits per heavy atom. The van der Waals surface area contributed by atoms with Crippen molar-refractivity contribution in [1.82, 2.24) is 10.3 Å². The molecule has 3 rings (SSSR count). The number of nitriles is 1. The molecule has 1 aromatic heterocycles. The number of nitrogens with one attached hydrogen (secondary N) is 2. The lowest BCUT2D eigenvalue weighted by Gasteiger charge is -2.26. The smallest absolute Gasteiger partial charge is 0.250 e. The zero-order valence-electron chi connectivity index (χ0n) is 21.4. The second kappa shape index (κ2) is 12.5. The number of thiazole rings is 1. The number of carbonyl (C=O) groups is 2. The van der Waals surface area contributed by atoms with Crippen LogP contribution < -0.4 is 15.4 Å². The Kier molecular flexibility index (Phi) is 9.39. The number of nitrogens with zero attached hydrogens (tertiary/aromatic N) is 2. The van der Waals surface area contributed by atoms with Crippen LogP contribution in [0.1, 0.15) is 51.8 Å². The van der Waals surface area contributed by atoms with E-state index in [0.29, 0.717) is 35.6 Å². The van der Waals surface area contributed by atoms with Crippen molar-refractivity contribution in [2.24, 2.45) is 5.41 Å². The topological polar surface area (TPSA) is 124 Å². The summed E-state index contributed by atoms with van der Waals surface area (Å²) in [6.45, 7) is 7.49. The third kappa shape index (κ3) is 7.38. The quantitative estimate of drug-likeness (QED) is 0.350.